The molecule has 0 saturated heterocycles. The van der Waals surface area contributed by atoms with Gasteiger partial charge in [0, 0.05) is 33.9 Å². The molecule has 4 rings (SSSR count). The second-order valence-corrected chi connectivity index (χ2v) is 9.33. The van der Waals surface area contributed by atoms with Crippen LogP contribution in [0.15, 0.2) is 54.7 Å². The van der Waals surface area contributed by atoms with Crippen molar-refractivity contribution in [3.63, 3.8) is 0 Å². The number of halogens is 4. The van der Waals surface area contributed by atoms with E-state index in [9.17, 15) is 22.4 Å². The summed E-state index contributed by atoms with van der Waals surface area (Å²) >= 11 is 0. The highest BCUT2D eigenvalue weighted by Crippen LogP contribution is 2.41. The molecule has 202 valence electrons. The number of ether oxygens (including phenoxy) is 1. The van der Waals surface area contributed by atoms with Gasteiger partial charge in [0.1, 0.15) is 5.52 Å². The lowest BCUT2D eigenvalue weighted by Crippen LogP contribution is -2.40. The average Bonchev–Trinajstić information content (AvgIpc) is 3.33. The number of hydrogen-bond acceptors (Lipinski definition) is 4. The number of aromatic carboxylic acids is 1. The van der Waals surface area contributed by atoms with E-state index in [0.29, 0.717) is 34.3 Å². The summed E-state index contributed by atoms with van der Waals surface area (Å²) < 4.78 is 58.4. The molecule has 0 amide bonds. The normalized spacial score (nSPS) is 11.3. The number of H-pyrrole nitrogens is 1. The molecule has 3 aromatic carbocycles. The third-order valence-corrected chi connectivity index (χ3v) is 6.29. The van der Waals surface area contributed by atoms with Crippen LogP contribution in [0.3, 0.4) is 0 Å². The van der Waals surface area contributed by atoms with Gasteiger partial charge in [-0.25, -0.2) is 13.6 Å². The van der Waals surface area contributed by atoms with Gasteiger partial charge in [-0.3, -0.25) is 5.10 Å². The quantitative estimate of drug-likeness (QED) is 0.238. The topological polar surface area (TPSA) is 78.5 Å². The van der Waals surface area contributed by atoms with Crippen LogP contribution in [0.1, 0.15) is 48.7 Å². The molecule has 2 N–H and O–H groups in total. The van der Waals surface area contributed by atoms with Gasteiger partial charge in [-0.05, 0) is 64.4 Å². The van der Waals surface area contributed by atoms with Crippen LogP contribution >= 0.6 is 0 Å². The smallest absolute Gasteiger partial charge is 0.387 e. The van der Waals surface area contributed by atoms with Crippen molar-refractivity contribution >= 4 is 28.2 Å². The monoisotopic (exact) mass is 531 g/mol. The van der Waals surface area contributed by atoms with Crippen LogP contribution in [0.25, 0.3) is 10.9 Å². The van der Waals surface area contributed by atoms with E-state index < -0.39 is 35.5 Å². The van der Waals surface area contributed by atoms with E-state index in [0.717, 1.165) is 11.6 Å². The molecule has 0 fully saturated rings. The number of hydrogen-bond donors (Lipinski definition) is 2. The molecule has 0 radical (unpaired) electrons. The van der Waals surface area contributed by atoms with Gasteiger partial charge in [0.2, 0.25) is 0 Å². The van der Waals surface area contributed by atoms with Crippen molar-refractivity contribution in [2.24, 2.45) is 0 Å². The highest BCUT2D eigenvalue weighted by Gasteiger charge is 2.30. The van der Waals surface area contributed by atoms with E-state index >= 15 is 0 Å². The first-order valence-electron chi connectivity index (χ1n) is 11.8. The molecule has 0 bridgehead atoms. The van der Waals surface area contributed by atoms with Crippen LogP contribution in [-0.2, 0) is 0 Å². The molecule has 0 spiro atoms. The summed E-state index contributed by atoms with van der Waals surface area (Å²) in [6, 6.07) is 12.2. The second-order valence-electron chi connectivity index (χ2n) is 9.33. The molecule has 0 unspecified atom stereocenters. The molecular weight excluding hydrogens is 502 g/mol. The number of aromatic nitrogens is 2. The Labute approximate surface area is 217 Å². The average molecular weight is 532 g/mol. The molecular formula is C28H29F4N3O3. The van der Waals surface area contributed by atoms with Crippen LogP contribution in [0, 0.1) is 25.5 Å². The SMILES string of the molecule is CCC(C)(C)N(c1ccc(F)c(OC(F)F)c1)c1cc2cn[nH]c2c(F)c1C.Cc1ccc(C(=O)O)cc1. The number of nitrogens with one attached hydrogen (secondary N) is 1. The fourth-order valence-electron chi connectivity index (χ4n) is 3.85. The minimum atomic E-state index is -3.15. The number of alkyl halides is 2. The number of rotatable bonds is 7. The predicted molar refractivity (Wildman–Crippen MR) is 138 cm³/mol. The zero-order valence-electron chi connectivity index (χ0n) is 21.7. The summed E-state index contributed by atoms with van der Waals surface area (Å²) in [6.45, 7) is 6.21. The summed E-state index contributed by atoms with van der Waals surface area (Å²) in [6.07, 6.45) is 2.16. The Morgan fingerprint density at radius 3 is 2.34 bits per heavy atom. The van der Waals surface area contributed by atoms with Crippen LogP contribution in [-0.4, -0.2) is 33.4 Å². The number of anilines is 2. The van der Waals surface area contributed by atoms with Gasteiger partial charge in [0.25, 0.3) is 0 Å². The molecule has 6 nitrogen and oxygen atoms in total. The van der Waals surface area contributed by atoms with Crippen molar-refractivity contribution in [3.8, 4) is 5.75 Å². The van der Waals surface area contributed by atoms with Gasteiger partial charge in [-0.1, -0.05) is 24.6 Å². The lowest BCUT2D eigenvalue weighted by atomic mass is 9.95. The Kier molecular flexibility index (Phi) is 8.65. The Morgan fingerprint density at radius 1 is 1.11 bits per heavy atom. The van der Waals surface area contributed by atoms with Crippen molar-refractivity contribution in [2.75, 3.05) is 4.90 Å². The first kappa shape index (κ1) is 28.5. The molecule has 0 aliphatic heterocycles. The van der Waals surface area contributed by atoms with Crippen LogP contribution in [0.2, 0.25) is 0 Å². The number of aryl methyl sites for hydroxylation is 1. The lowest BCUT2D eigenvalue weighted by molar-refractivity contribution is -0.0521. The first-order chi connectivity index (χ1) is 17.9. The molecule has 10 heteroatoms. The summed E-state index contributed by atoms with van der Waals surface area (Å²) in [5, 5.41) is 15.6. The molecule has 38 heavy (non-hydrogen) atoms. The number of aromatic amines is 1. The first-order valence-corrected chi connectivity index (χ1v) is 11.8. The zero-order chi connectivity index (χ0) is 28.2. The predicted octanol–water partition coefficient (Wildman–Crippen LogP) is 7.77. The summed E-state index contributed by atoms with van der Waals surface area (Å²) in [7, 11) is 0. The summed E-state index contributed by atoms with van der Waals surface area (Å²) in [5.41, 5.74) is 2.47. The number of carboxylic acid groups (broad SMARTS) is 1. The van der Waals surface area contributed by atoms with Gasteiger partial charge in [0.05, 0.1) is 11.8 Å². The van der Waals surface area contributed by atoms with E-state index in [1.54, 1.807) is 42.2 Å². The molecule has 0 atom stereocenters. The second kappa shape index (κ2) is 11.5. The van der Waals surface area contributed by atoms with Crippen molar-refractivity contribution in [2.45, 2.75) is 53.2 Å². The zero-order valence-corrected chi connectivity index (χ0v) is 21.7. The van der Waals surface area contributed by atoms with E-state index in [1.165, 1.54) is 18.3 Å². The summed E-state index contributed by atoms with van der Waals surface area (Å²) in [5.74, 6) is -2.79. The third-order valence-electron chi connectivity index (χ3n) is 6.29. The van der Waals surface area contributed by atoms with Gasteiger partial charge in [-0.15, -0.1) is 0 Å². The van der Waals surface area contributed by atoms with E-state index in [4.69, 9.17) is 5.11 Å². The molecule has 0 aliphatic carbocycles. The molecule has 0 aliphatic rings. The number of nitrogens with zero attached hydrogens (tertiary/aromatic N) is 2. The highest BCUT2D eigenvalue weighted by atomic mass is 19.3. The lowest BCUT2D eigenvalue weighted by Gasteiger charge is -2.41. The van der Waals surface area contributed by atoms with Gasteiger partial charge in [-0.2, -0.15) is 13.9 Å². The van der Waals surface area contributed by atoms with Crippen LogP contribution in [0.5, 0.6) is 5.75 Å². The van der Waals surface area contributed by atoms with E-state index in [2.05, 4.69) is 14.9 Å². The minimum Gasteiger partial charge on any atom is -0.478 e. The summed E-state index contributed by atoms with van der Waals surface area (Å²) in [4.78, 5) is 12.1. The third kappa shape index (κ3) is 6.24. The van der Waals surface area contributed by atoms with Crippen LogP contribution < -0.4 is 9.64 Å². The maximum Gasteiger partial charge on any atom is 0.387 e. The Morgan fingerprint density at radius 2 is 1.76 bits per heavy atom. The number of carbonyl (C=O) groups is 1. The molecule has 1 aromatic heterocycles. The Hall–Kier alpha value is -4.08. The van der Waals surface area contributed by atoms with Crippen LogP contribution in [0.4, 0.5) is 28.9 Å². The molecule has 4 aromatic rings. The largest absolute Gasteiger partial charge is 0.478 e. The van der Waals surface area contributed by atoms with Crippen molar-refractivity contribution in [1.29, 1.82) is 0 Å². The maximum atomic E-state index is 14.9. The maximum absolute atomic E-state index is 14.9. The van der Waals surface area contributed by atoms with Crippen molar-refractivity contribution < 1.29 is 32.2 Å². The fraction of sp³-hybridized carbons (Fsp3) is 0.286. The van der Waals surface area contributed by atoms with E-state index in [-0.39, 0.29) is 5.52 Å². The standard InChI is InChI=1S/C20H21F4N3O.C8H8O2/c1-5-20(3,4)27(13-6-7-14(21)16(9-13)28-19(23)24)15-8-12-10-25-26-18(12)17(22)11(15)2;1-6-2-4-7(5-3-6)8(9)10/h6-10,19H,5H2,1-4H3,(H,25,26);2-5H,1H3,(H,9,10). The minimum absolute atomic E-state index is 0.288. The van der Waals surface area contributed by atoms with Crippen molar-refractivity contribution in [3.05, 3.63) is 83.1 Å². The van der Waals surface area contributed by atoms with Gasteiger partial charge >= 0.3 is 12.6 Å². The number of benzene rings is 3. The highest BCUT2D eigenvalue weighted by molar-refractivity contribution is 5.88. The molecule has 0 saturated carbocycles. The number of fused-ring (bicyclic) bond motifs is 1. The van der Waals surface area contributed by atoms with Crippen molar-refractivity contribution in [1.82, 2.24) is 10.2 Å². The number of carboxylic acids is 1. The van der Waals surface area contributed by atoms with Gasteiger partial charge < -0.3 is 14.7 Å². The fourth-order valence-corrected chi connectivity index (χ4v) is 3.85. The molecule has 1 heterocycles. The Balaban J connectivity index is 0.000000336. The Bertz CT molecular complexity index is 1420. The van der Waals surface area contributed by atoms with Gasteiger partial charge in [0.15, 0.2) is 17.4 Å². The van der Waals surface area contributed by atoms with E-state index in [1.807, 2.05) is 27.7 Å².